The van der Waals surface area contributed by atoms with Crippen LogP contribution in [0, 0.1) is 0 Å². The second-order valence-corrected chi connectivity index (χ2v) is 3.27. The summed E-state index contributed by atoms with van der Waals surface area (Å²) in [4.78, 5) is 2.90. The van der Waals surface area contributed by atoms with Gasteiger partial charge in [-0.3, -0.25) is 11.1 Å². The van der Waals surface area contributed by atoms with Crippen LogP contribution in [0.1, 0.15) is 5.69 Å². The van der Waals surface area contributed by atoms with Gasteiger partial charge in [-0.15, -0.1) is 0 Å². The second-order valence-electron chi connectivity index (χ2n) is 2.22. The fraction of sp³-hybridized carbons (Fsp3) is 0.143. The van der Waals surface area contributed by atoms with Crippen LogP contribution < -0.4 is 28.5 Å². The molecule has 6 N–H and O–H groups in total. The van der Waals surface area contributed by atoms with Gasteiger partial charge in [-0.25, -0.2) is 4.98 Å². The third-order valence-corrected chi connectivity index (χ3v) is 2.07. The highest BCUT2D eigenvalue weighted by Gasteiger charge is 2.09. The maximum atomic E-state index is 9.29. The lowest BCUT2D eigenvalue weighted by molar-refractivity contribution is -0.389. The number of hydrogen-bond donors (Lipinski definition) is 3. The molecule has 0 aliphatic heterocycles. The largest absolute Gasteiger partial charge is 1.00 e. The molecule has 4 nitrogen and oxygen atoms in total. The molecular formula is C7H11ClN3OS+. The Labute approximate surface area is 86.5 Å². The Morgan fingerprint density at radius 1 is 1.69 bits per heavy atom. The van der Waals surface area contributed by atoms with Crippen molar-refractivity contribution in [3.05, 3.63) is 24.0 Å². The summed E-state index contributed by atoms with van der Waals surface area (Å²) in [7, 11) is 0. The quantitative estimate of drug-likeness (QED) is 0.347. The van der Waals surface area contributed by atoms with Crippen LogP contribution in [0.25, 0.3) is 0 Å². The molecule has 0 fully saturated rings. The molecule has 1 aromatic heterocycles. The van der Waals surface area contributed by atoms with Gasteiger partial charge in [-0.05, 0) is 17.8 Å². The number of H-pyrrole nitrogens is 1. The van der Waals surface area contributed by atoms with Crippen LogP contribution in [-0.4, -0.2) is 10.3 Å². The first-order valence-corrected chi connectivity index (χ1v) is 4.38. The number of pyridine rings is 1. The molecule has 1 aromatic rings. The number of aromatic amines is 1. The van der Waals surface area contributed by atoms with Crippen molar-refractivity contribution in [2.75, 3.05) is 0 Å². The van der Waals surface area contributed by atoms with E-state index in [2.05, 4.69) is 4.98 Å². The van der Waals surface area contributed by atoms with E-state index < -0.39 is 0 Å². The Bertz CT molecular complexity index is 295. The standard InChI is InChI=1S/C7H9N3OS.ClH/c8-7(9)12-4-5-6(11)2-1-3-10-5;/h1-3,11H,4H2,(H3,8,9);1H/p+1. The minimum absolute atomic E-state index is 0. The number of aromatic hydroxyl groups is 1. The van der Waals surface area contributed by atoms with Crippen molar-refractivity contribution in [3.8, 4) is 5.75 Å². The number of rotatable bonds is 2. The van der Waals surface area contributed by atoms with E-state index in [9.17, 15) is 5.11 Å². The number of thioether (sulfide) groups is 1. The Kier molecular flexibility index (Phi) is 5.25. The topological polar surface area (TPSA) is 86.0 Å². The van der Waals surface area contributed by atoms with Gasteiger partial charge in [-0.2, -0.15) is 0 Å². The van der Waals surface area contributed by atoms with Gasteiger partial charge < -0.3 is 17.5 Å². The van der Waals surface area contributed by atoms with Gasteiger partial charge in [0, 0.05) is 6.07 Å². The predicted octanol–water partition coefficient (Wildman–Crippen LogP) is -4.48. The van der Waals surface area contributed by atoms with E-state index in [1.165, 1.54) is 11.8 Å². The van der Waals surface area contributed by atoms with Crippen molar-refractivity contribution in [2.45, 2.75) is 5.75 Å². The van der Waals surface area contributed by atoms with Gasteiger partial charge in [0.2, 0.25) is 5.69 Å². The summed E-state index contributed by atoms with van der Waals surface area (Å²) in [5, 5.41) is 14.8. The molecule has 0 aliphatic rings. The molecule has 0 saturated carbocycles. The molecule has 0 amide bonds. The zero-order chi connectivity index (χ0) is 8.97. The van der Waals surface area contributed by atoms with Crippen LogP contribution >= 0.6 is 11.8 Å². The monoisotopic (exact) mass is 220 g/mol. The first kappa shape index (κ1) is 12.1. The Morgan fingerprint density at radius 2 is 2.38 bits per heavy atom. The summed E-state index contributed by atoms with van der Waals surface area (Å²) in [5.74, 6) is 0.779. The molecule has 0 unspecified atom stereocenters. The summed E-state index contributed by atoms with van der Waals surface area (Å²) in [6.45, 7) is 0. The summed E-state index contributed by atoms with van der Waals surface area (Å²) < 4.78 is 0. The average Bonchev–Trinajstić information content (AvgIpc) is 2.03. The first-order valence-electron chi connectivity index (χ1n) is 3.39. The van der Waals surface area contributed by atoms with E-state index in [0.29, 0.717) is 10.9 Å². The van der Waals surface area contributed by atoms with E-state index >= 15 is 0 Å². The molecule has 0 aromatic carbocycles. The number of amidine groups is 1. The van der Waals surface area contributed by atoms with Gasteiger partial charge in [0.1, 0.15) is 0 Å². The molecule has 13 heavy (non-hydrogen) atoms. The number of nitrogens with one attached hydrogen (secondary N) is 1. The van der Waals surface area contributed by atoms with Crippen LogP contribution in [0.4, 0.5) is 0 Å². The van der Waals surface area contributed by atoms with Crippen LogP contribution in [-0.2, 0) is 5.75 Å². The zero-order valence-corrected chi connectivity index (χ0v) is 8.40. The smallest absolute Gasteiger partial charge is 0.300 e. The van der Waals surface area contributed by atoms with Crippen molar-refractivity contribution in [3.63, 3.8) is 0 Å². The van der Waals surface area contributed by atoms with Gasteiger partial charge >= 0.3 is 0 Å². The van der Waals surface area contributed by atoms with Crippen molar-refractivity contribution < 1.29 is 27.9 Å². The number of halogens is 1. The SMILES string of the molecule is NC(=[NH2+])SCc1[nH+]cccc1O.[Cl-]. The Hall–Kier alpha value is -0.940. The fourth-order valence-electron chi connectivity index (χ4n) is 0.734. The molecule has 0 radical (unpaired) electrons. The molecule has 72 valence electrons. The first-order chi connectivity index (χ1) is 5.70. The molecule has 0 spiro atoms. The van der Waals surface area contributed by atoms with Crippen molar-refractivity contribution in [1.82, 2.24) is 0 Å². The van der Waals surface area contributed by atoms with Gasteiger partial charge in [-0.1, -0.05) is 0 Å². The van der Waals surface area contributed by atoms with Crippen LogP contribution in [0.3, 0.4) is 0 Å². The van der Waals surface area contributed by atoms with Crippen LogP contribution in [0.5, 0.6) is 5.75 Å². The van der Waals surface area contributed by atoms with E-state index in [0.717, 1.165) is 5.69 Å². The van der Waals surface area contributed by atoms with Crippen LogP contribution in [0.15, 0.2) is 18.3 Å². The van der Waals surface area contributed by atoms with Crippen molar-refractivity contribution in [1.29, 1.82) is 0 Å². The average molecular weight is 221 g/mol. The molecule has 6 heteroatoms. The van der Waals surface area contributed by atoms with Crippen molar-refractivity contribution >= 4 is 16.9 Å². The molecule has 0 atom stereocenters. The van der Waals surface area contributed by atoms with E-state index in [-0.39, 0.29) is 18.2 Å². The minimum atomic E-state index is 0. The highest BCUT2D eigenvalue weighted by atomic mass is 35.5. The fourth-order valence-corrected chi connectivity index (χ4v) is 1.28. The van der Waals surface area contributed by atoms with Gasteiger partial charge in [0.15, 0.2) is 11.9 Å². The lowest BCUT2D eigenvalue weighted by Gasteiger charge is -1.93. The number of aromatic nitrogens is 1. The third kappa shape index (κ3) is 4.00. The molecular weight excluding hydrogens is 210 g/mol. The predicted molar refractivity (Wildman–Crippen MR) is 47.1 cm³/mol. The van der Waals surface area contributed by atoms with E-state index in [4.69, 9.17) is 11.1 Å². The number of hydrogen-bond acceptors (Lipinski definition) is 2. The Balaban J connectivity index is 0.00000144. The summed E-state index contributed by atoms with van der Waals surface area (Å²) in [5.41, 5.74) is 5.97. The lowest BCUT2D eigenvalue weighted by Crippen LogP contribution is -3.00. The van der Waals surface area contributed by atoms with Crippen molar-refractivity contribution in [2.24, 2.45) is 5.73 Å². The van der Waals surface area contributed by atoms with Crippen LogP contribution in [0.2, 0.25) is 0 Å². The summed E-state index contributed by atoms with van der Waals surface area (Å²) >= 11 is 1.28. The minimum Gasteiger partial charge on any atom is -1.00 e. The van der Waals surface area contributed by atoms with E-state index in [1.807, 2.05) is 0 Å². The maximum absolute atomic E-state index is 9.29. The summed E-state index contributed by atoms with van der Waals surface area (Å²) in [6.07, 6.45) is 1.74. The van der Waals surface area contributed by atoms with Gasteiger partial charge in [0.25, 0.3) is 5.17 Å². The molecule has 1 heterocycles. The molecule has 0 saturated heterocycles. The molecule has 0 aliphatic carbocycles. The number of nitrogens with two attached hydrogens (primary N) is 2. The lowest BCUT2D eigenvalue weighted by atomic mass is 10.3. The molecule has 0 bridgehead atoms. The van der Waals surface area contributed by atoms with E-state index in [1.54, 1.807) is 18.3 Å². The highest BCUT2D eigenvalue weighted by Crippen LogP contribution is 2.15. The summed E-state index contributed by atoms with van der Waals surface area (Å²) in [6, 6.07) is 3.33. The highest BCUT2D eigenvalue weighted by molar-refractivity contribution is 8.12. The normalized spacial score (nSPS) is 8.92. The Morgan fingerprint density at radius 3 is 2.92 bits per heavy atom. The van der Waals surface area contributed by atoms with Gasteiger partial charge in [0.05, 0.1) is 5.75 Å². The second kappa shape index (κ2) is 5.66. The zero-order valence-electron chi connectivity index (χ0n) is 6.83. The molecule has 1 rings (SSSR count). The maximum Gasteiger partial charge on any atom is 0.300 e. The third-order valence-electron chi connectivity index (χ3n) is 1.30.